The second kappa shape index (κ2) is 5.75. The van der Waals surface area contributed by atoms with E-state index >= 15 is 0 Å². The van der Waals surface area contributed by atoms with Crippen LogP contribution in [0.2, 0.25) is 0 Å². The summed E-state index contributed by atoms with van der Waals surface area (Å²) in [5.41, 5.74) is 3.86. The molecule has 0 heterocycles. The number of alkyl halides is 1. The predicted molar refractivity (Wildman–Crippen MR) is 77.1 cm³/mol. The molecule has 1 amide bonds. The van der Waals surface area contributed by atoms with Gasteiger partial charge in [-0.3, -0.25) is 4.79 Å². The van der Waals surface area contributed by atoms with Crippen molar-refractivity contribution in [3.63, 3.8) is 0 Å². The third-order valence-electron chi connectivity index (χ3n) is 3.16. The van der Waals surface area contributed by atoms with E-state index in [4.69, 9.17) is 11.6 Å². The number of amides is 1. The van der Waals surface area contributed by atoms with Gasteiger partial charge in [0.05, 0.1) is 0 Å². The van der Waals surface area contributed by atoms with Crippen LogP contribution >= 0.6 is 11.6 Å². The van der Waals surface area contributed by atoms with Gasteiger partial charge in [0, 0.05) is 13.6 Å². The lowest BCUT2D eigenvalue weighted by atomic mass is 9.85. The molecule has 0 radical (unpaired) electrons. The summed E-state index contributed by atoms with van der Waals surface area (Å²) in [6.45, 7) is 9.30. The van der Waals surface area contributed by atoms with E-state index in [0.29, 0.717) is 6.54 Å². The van der Waals surface area contributed by atoms with Crippen molar-refractivity contribution in [1.29, 1.82) is 0 Å². The van der Waals surface area contributed by atoms with Gasteiger partial charge in [0.1, 0.15) is 5.88 Å². The van der Waals surface area contributed by atoms with E-state index < -0.39 is 0 Å². The number of rotatable bonds is 3. The molecule has 0 saturated carbocycles. The third kappa shape index (κ3) is 3.74. The average molecular weight is 268 g/mol. The Morgan fingerprint density at radius 2 is 1.94 bits per heavy atom. The molecule has 2 nitrogen and oxygen atoms in total. The molecular weight excluding hydrogens is 246 g/mol. The molecule has 1 rings (SSSR count). The monoisotopic (exact) mass is 267 g/mol. The molecule has 0 N–H and O–H groups in total. The first-order valence-electron chi connectivity index (χ1n) is 6.15. The van der Waals surface area contributed by atoms with E-state index in [0.717, 1.165) is 0 Å². The van der Waals surface area contributed by atoms with E-state index in [-0.39, 0.29) is 17.2 Å². The zero-order valence-electron chi connectivity index (χ0n) is 11.9. The Morgan fingerprint density at radius 1 is 1.33 bits per heavy atom. The molecule has 0 spiro atoms. The van der Waals surface area contributed by atoms with Crippen LogP contribution in [0.1, 0.15) is 37.5 Å². The topological polar surface area (TPSA) is 20.3 Å². The molecule has 0 bridgehead atoms. The van der Waals surface area contributed by atoms with Gasteiger partial charge in [-0.2, -0.15) is 0 Å². The first-order chi connectivity index (χ1) is 8.25. The van der Waals surface area contributed by atoms with Gasteiger partial charge < -0.3 is 4.90 Å². The van der Waals surface area contributed by atoms with E-state index in [1.807, 2.05) is 0 Å². The van der Waals surface area contributed by atoms with Gasteiger partial charge in [0.2, 0.25) is 5.91 Å². The molecule has 0 aliphatic heterocycles. The second-order valence-corrected chi connectivity index (χ2v) is 6.04. The maximum absolute atomic E-state index is 11.4. The molecule has 100 valence electrons. The maximum Gasteiger partial charge on any atom is 0.237 e. The summed E-state index contributed by atoms with van der Waals surface area (Å²) in [6.07, 6.45) is 0. The quantitative estimate of drug-likeness (QED) is 0.768. The van der Waals surface area contributed by atoms with Gasteiger partial charge >= 0.3 is 0 Å². The van der Waals surface area contributed by atoms with Gasteiger partial charge in [-0.25, -0.2) is 0 Å². The van der Waals surface area contributed by atoms with Crippen LogP contribution in [0.15, 0.2) is 18.2 Å². The van der Waals surface area contributed by atoms with Crippen molar-refractivity contribution >= 4 is 17.5 Å². The largest absolute Gasteiger partial charge is 0.340 e. The first-order valence-corrected chi connectivity index (χ1v) is 6.69. The lowest BCUT2D eigenvalue weighted by molar-refractivity contribution is -0.127. The Hall–Kier alpha value is -1.02. The Morgan fingerprint density at radius 3 is 2.39 bits per heavy atom. The number of nitrogens with zero attached hydrogens (tertiary/aromatic N) is 1. The van der Waals surface area contributed by atoms with Crippen molar-refractivity contribution in [2.75, 3.05) is 12.9 Å². The summed E-state index contributed by atoms with van der Waals surface area (Å²) in [7, 11) is 1.78. The normalized spacial score (nSPS) is 11.4. The molecule has 0 saturated heterocycles. The minimum atomic E-state index is -0.0454. The van der Waals surface area contributed by atoms with E-state index in [9.17, 15) is 4.79 Å². The van der Waals surface area contributed by atoms with Crippen molar-refractivity contribution in [2.24, 2.45) is 0 Å². The molecule has 18 heavy (non-hydrogen) atoms. The number of hydrogen-bond acceptors (Lipinski definition) is 1. The third-order valence-corrected chi connectivity index (χ3v) is 3.38. The zero-order valence-corrected chi connectivity index (χ0v) is 12.6. The molecule has 0 fully saturated rings. The van der Waals surface area contributed by atoms with Crippen molar-refractivity contribution < 1.29 is 4.79 Å². The van der Waals surface area contributed by atoms with Gasteiger partial charge in [0.25, 0.3) is 0 Å². The number of carbonyl (C=O) groups excluding carboxylic acids is 1. The van der Waals surface area contributed by atoms with Gasteiger partial charge in [-0.1, -0.05) is 39.0 Å². The van der Waals surface area contributed by atoms with Gasteiger partial charge in [-0.15, -0.1) is 11.6 Å². The van der Waals surface area contributed by atoms with Gasteiger partial charge in [-0.05, 0) is 29.0 Å². The molecular formula is C15H22ClNO. The lowest BCUT2D eigenvalue weighted by Crippen LogP contribution is -2.27. The number of benzene rings is 1. The highest BCUT2D eigenvalue weighted by atomic mass is 35.5. The smallest absolute Gasteiger partial charge is 0.237 e. The molecule has 0 aromatic heterocycles. The standard InChI is InChI=1S/C15H22ClNO/c1-11-8-13(15(2,3)4)7-6-12(11)10-17(5)14(18)9-16/h6-8H,9-10H2,1-5H3. The van der Waals surface area contributed by atoms with Crippen LogP contribution in [0, 0.1) is 6.92 Å². The van der Waals surface area contributed by atoms with Crippen LogP contribution in [0.5, 0.6) is 0 Å². The fourth-order valence-corrected chi connectivity index (χ4v) is 1.99. The molecule has 0 unspecified atom stereocenters. The molecule has 0 aliphatic rings. The molecule has 1 aromatic rings. The molecule has 3 heteroatoms. The fraction of sp³-hybridized carbons (Fsp3) is 0.533. The van der Waals surface area contributed by atoms with Crippen molar-refractivity contribution in [3.8, 4) is 0 Å². The van der Waals surface area contributed by atoms with Gasteiger partial charge in [0.15, 0.2) is 0 Å². The van der Waals surface area contributed by atoms with Crippen molar-refractivity contribution in [3.05, 3.63) is 34.9 Å². The van der Waals surface area contributed by atoms with Crippen molar-refractivity contribution in [2.45, 2.75) is 39.7 Å². The average Bonchev–Trinajstić information content (AvgIpc) is 2.29. The summed E-state index contributed by atoms with van der Waals surface area (Å²) < 4.78 is 0. The van der Waals surface area contributed by atoms with E-state index in [1.165, 1.54) is 16.7 Å². The SMILES string of the molecule is Cc1cc(C(C)(C)C)ccc1CN(C)C(=O)CCl. The molecule has 1 aromatic carbocycles. The molecule has 0 aliphatic carbocycles. The number of aryl methyl sites for hydroxylation is 1. The highest BCUT2D eigenvalue weighted by Crippen LogP contribution is 2.24. The number of halogens is 1. The van der Waals surface area contributed by atoms with Crippen LogP contribution in [0.3, 0.4) is 0 Å². The summed E-state index contributed by atoms with van der Waals surface area (Å²) in [5, 5.41) is 0. The minimum absolute atomic E-state index is 0.0373. The Balaban J connectivity index is 2.90. The summed E-state index contributed by atoms with van der Waals surface area (Å²) in [5.74, 6) is -0.00808. The summed E-state index contributed by atoms with van der Waals surface area (Å²) >= 11 is 5.55. The number of carbonyl (C=O) groups is 1. The fourth-order valence-electron chi connectivity index (χ4n) is 1.79. The maximum atomic E-state index is 11.4. The lowest BCUT2D eigenvalue weighted by Gasteiger charge is -2.22. The summed E-state index contributed by atoms with van der Waals surface area (Å²) in [4.78, 5) is 13.1. The predicted octanol–water partition coefficient (Wildman–Crippen LogP) is 3.49. The van der Waals surface area contributed by atoms with Crippen LogP contribution < -0.4 is 0 Å². The Kier molecular flexibility index (Phi) is 4.80. The van der Waals surface area contributed by atoms with E-state index in [2.05, 4.69) is 45.9 Å². The zero-order chi connectivity index (χ0) is 13.9. The first kappa shape index (κ1) is 15.0. The second-order valence-electron chi connectivity index (χ2n) is 5.77. The van der Waals surface area contributed by atoms with Crippen LogP contribution in [-0.4, -0.2) is 23.7 Å². The summed E-state index contributed by atoms with van der Waals surface area (Å²) in [6, 6.07) is 6.45. The molecule has 0 atom stereocenters. The van der Waals surface area contributed by atoms with Crippen LogP contribution in [0.4, 0.5) is 0 Å². The Labute approximate surface area is 115 Å². The van der Waals surface area contributed by atoms with Crippen LogP contribution in [0.25, 0.3) is 0 Å². The highest BCUT2D eigenvalue weighted by Gasteiger charge is 2.15. The minimum Gasteiger partial charge on any atom is -0.340 e. The number of hydrogen-bond donors (Lipinski definition) is 0. The van der Waals surface area contributed by atoms with Crippen LogP contribution in [-0.2, 0) is 16.8 Å². The Bertz CT molecular complexity index is 435. The van der Waals surface area contributed by atoms with Crippen molar-refractivity contribution in [1.82, 2.24) is 4.90 Å². The van der Waals surface area contributed by atoms with E-state index in [1.54, 1.807) is 11.9 Å². The highest BCUT2D eigenvalue weighted by molar-refractivity contribution is 6.27.